The summed E-state index contributed by atoms with van der Waals surface area (Å²) in [6.45, 7) is 14.3. The number of unbranched alkanes of at least 4 members (excludes halogenated alkanes) is 12. The zero-order valence-corrected chi connectivity index (χ0v) is 23.2. The van der Waals surface area contributed by atoms with Gasteiger partial charge >= 0.3 is 0 Å². The van der Waals surface area contributed by atoms with Gasteiger partial charge in [0.15, 0.2) is 0 Å². The Hall–Kier alpha value is 0. The summed E-state index contributed by atoms with van der Waals surface area (Å²) in [5.41, 5.74) is 0.679. The predicted octanol–water partition coefficient (Wildman–Crippen LogP) is 11.9. The third kappa shape index (κ3) is 20.3. The van der Waals surface area contributed by atoms with Crippen LogP contribution in [0.2, 0.25) is 0 Å². The molecule has 0 atom stereocenters. The number of rotatable bonds is 24. The highest BCUT2D eigenvalue weighted by Gasteiger charge is 2.27. The van der Waals surface area contributed by atoms with Gasteiger partial charge in [0.05, 0.1) is 0 Å². The Bertz CT molecular complexity index is 306. The molecule has 0 aromatic rings. The van der Waals surface area contributed by atoms with Crippen molar-refractivity contribution in [2.45, 2.75) is 183 Å². The Morgan fingerprint density at radius 3 is 0.968 bits per heavy atom. The van der Waals surface area contributed by atoms with Crippen LogP contribution in [0.3, 0.4) is 0 Å². The molecule has 0 heterocycles. The van der Waals surface area contributed by atoms with E-state index in [1.807, 2.05) is 0 Å². The predicted molar refractivity (Wildman–Crippen MR) is 145 cm³/mol. The summed E-state index contributed by atoms with van der Waals surface area (Å²) in [6, 6.07) is 0. The van der Waals surface area contributed by atoms with E-state index in [0.29, 0.717) is 5.41 Å². The second-order valence-electron chi connectivity index (χ2n) is 11.8. The lowest BCUT2D eigenvalue weighted by molar-refractivity contribution is 0.180. The maximum Gasteiger partial charge on any atom is -0.0298 e. The van der Waals surface area contributed by atoms with Crippen LogP contribution in [-0.4, -0.2) is 0 Å². The first kappa shape index (κ1) is 31.0. The van der Waals surface area contributed by atoms with Gasteiger partial charge in [-0.25, -0.2) is 0 Å². The molecule has 0 amide bonds. The van der Waals surface area contributed by atoms with Gasteiger partial charge in [-0.3, -0.25) is 0 Å². The van der Waals surface area contributed by atoms with E-state index in [4.69, 9.17) is 0 Å². The van der Waals surface area contributed by atoms with E-state index in [1.54, 1.807) is 0 Å². The molecule has 0 rings (SSSR count). The topological polar surface area (TPSA) is 0 Å². The standard InChI is InChI=1S/C31H64/c1-7-25-31(26-8-2,27-21-17-13-9-11-15-19-23-29(3)4)28-22-18-14-10-12-16-20-24-30(5)6/h29-30H,7-28H2,1-6H3. The molecule has 0 aliphatic heterocycles. The van der Waals surface area contributed by atoms with Crippen molar-refractivity contribution in [3.05, 3.63) is 0 Å². The van der Waals surface area contributed by atoms with Crippen LogP contribution in [0.25, 0.3) is 0 Å². The molecule has 0 spiro atoms. The lowest BCUT2D eigenvalue weighted by Crippen LogP contribution is -2.21. The highest BCUT2D eigenvalue weighted by Crippen LogP contribution is 2.41. The van der Waals surface area contributed by atoms with Crippen molar-refractivity contribution in [2.24, 2.45) is 17.3 Å². The number of hydrogen-bond donors (Lipinski definition) is 0. The molecule has 0 saturated carbocycles. The van der Waals surface area contributed by atoms with Crippen LogP contribution in [0.1, 0.15) is 183 Å². The molecule has 0 N–H and O–H groups in total. The highest BCUT2D eigenvalue weighted by atomic mass is 14.3. The van der Waals surface area contributed by atoms with Crippen molar-refractivity contribution < 1.29 is 0 Å². The molecule has 31 heavy (non-hydrogen) atoms. The maximum absolute atomic E-state index is 2.42. The molecule has 0 heteroatoms. The van der Waals surface area contributed by atoms with Crippen LogP contribution < -0.4 is 0 Å². The van der Waals surface area contributed by atoms with Crippen LogP contribution in [0.15, 0.2) is 0 Å². The van der Waals surface area contributed by atoms with Gasteiger partial charge in [0.25, 0.3) is 0 Å². The molecular weight excluding hydrogens is 372 g/mol. The molecule has 0 fully saturated rings. The summed E-state index contributed by atoms with van der Waals surface area (Å²) >= 11 is 0. The minimum atomic E-state index is 0.679. The molecule has 0 aromatic heterocycles. The quantitative estimate of drug-likeness (QED) is 0.132. The summed E-state index contributed by atoms with van der Waals surface area (Å²) in [5.74, 6) is 1.78. The molecule has 0 saturated heterocycles. The first-order valence-corrected chi connectivity index (χ1v) is 15.0. The normalized spacial score (nSPS) is 12.4. The van der Waals surface area contributed by atoms with Crippen LogP contribution in [0, 0.1) is 17.3 Å². The summed E-state index contributed by atoms with van der Waals surface area (Å²) in [4.78, 5) is 0. The highest BCUT2D eigenvalue weighted by molar-refractivity contribution is 4.79. The van der Waals surface area contributed by atoms with Crippen molar-refractivity contribution >= 4 is 0 Å². The van der Waals surface area contributed by atoms with Gasteiger partial charge in [-0.2, -0.15) is 0 Å². The van der Waals surface area contributed by atoms with E-state index >= 15 is 0 Å². The fourth-order valence-electron chi connectivity index (χ4n) is 5.68. The van der Waals surface area contributed by atoms with Crippen molar-refractivity contribution in [1.29, 1.82) is 0 Å². The minimum absolute atomic E-state index is 0.679. The average Bonchev–Trinajstić information content (AvgIpc) is 2.71. The van der Waals surface area contributed by atoms with E-state index in [9.17, 15) is 0 Å². The van der Waals surface area contributed by atoms with Crippen molar-refractivity contribution in [3.8, 4) is 0 Å². The lowest BCUT2D eigenvalue weighted by atomic mass is 9.71. The second-order valence-corrected chi connectivity index (χ2v) is 11.8. The molecule has 0 aliphatic carbocycles. The molecule has 188 valence electrons. The maximum atomic E-state index is 2.42. The molecule has 0 aliphatic rings. The zero-order valence-electron chi connectivity index (χ0n) is 23.2. The molecule has 0 radical (unpaired) electrons. The van der Waals surface area contributed by atoms with Crippen LogP contribution in [-0.2, 0) is 0 Å². The molecule has 0 bridgehead atoms. The van der Waals surface area contributed by atoms with Crippen molar-refractivity contribution in [1.82, 2.24) is 0 Å². The van der Waals surface area contributed by atoms with Gasteiger partial charge < -0.3 is 0 Å². The Balaban J connectivity index is 3.96. The van der Waals surface area contributed by atoms with E-state index in [2.05, 4.69) is 41.5 Å². The molecule has 0 aromatic carbocycles. The average molecular weight is 437 g/mol. The van der Waals surface area contributed by atoms with Crippen LogP contribution >= 0.6 is 0 Å². The Labute approximate surface area is 200 Å². The van der Waals surface area contributed by atoms with E-state index < -0.39 is 0 Å². The second kappa shape index (κ2) is 21.8. The summed E-state index contributed by atoms with van der Waals surface area (Å²) < 4.78 is 0. The number of hydrogen-bond acceptors (Lipinski definition) is 0. The summed E-state index contributed by atoms with van der Waals surface area (Å²) in [7, 11) is 0. The Morgan fingerprint density at radius 2 is 0.677 bits per heavy atom. The third-order valence-corrected chi connectivity index (χ3v) is 7.54. The van der Waals surface area contributed by atoms with E-state index in [1.165, 1.54) is 141 Å². The van der Waals surface area contributed by atoms with Gasteiger partial charge in [0.1, 0.15) is 0 Å². The minimum Gasteiger partial charge on any atom is -0.0654 e. The summed E-state index contributed by atoms with van der Waals surface area (Å²) in [5, 5.41) is 0. The third-order valence-electron chi connectivity index (χ3n) is 7.54. The smallest absolute Gasteiger partial charge is 0.0298 e. The first-order valence-electron chi connectivity index (χ1n) is 15.0. The fraction of sp³-hybridized carbons (Fsp3) is 1.00. The van der Waals surface area contributed by atoms with E-state index in [0.717, 1.165) is 11.8 Å². The first-order chi connectivity index (χ1) is 15.0. The van der Waals surface area contributed by atoms with Gasteiger partial charge in [0.2, 0.25) is 0 Å². The monoisotopic (exact) mass is 437 g/mol. The molecule has 0 unspecified atom stereocenters. The van der Waals surface area contributed by atoms with Crippen molar-refractivity contribution in [3.63, 3.8) is 0 Å². The molecular formula is C31H64. The van der Waals surface area contributed by atoms with Gasteiger partial charge in [-0.1, -0.05) is 157 Å². The van der Waals surface area contributed by atoms with E-state index in [-0.39, 0.29) is 0 Å². The summed E-state index contributed by atoms with van der Waals surface area (Å²) in [6.07, 6.45) is 32.2. The van der Waals surface area contributed by atoms with Gasteiger partial charge in [0, 0.05) is 0 Å². The van der Waals surface area contributed by atoms with Crippen LogP contribution in [0.5, 0.6) is 0 Å². The van der Waals surface area contributed by atoms with Crippen LogP contribution in [0.4, 0.5) is 0 Å². The van der Waals surface area contributed by atoms with Gasteiger partial charge in [-0.05, 0) is 42.9 Å². The SMILES string of the molecule is CCCC(CCC)(CCCCCCCCCC(C)C)CCCCCCCCCC(C)C. The van der Waals surface area contributed by atoms with Crippen molar-refractivity contribution in [2.75, 3.05) is 0 Å². The Morgan fingerprint density at radius 1 is 0.387 bits per heavy atom. The molecule has 0 nitrogen and oxygen atoms in total. The zero-order chi connectivity index (χ0) is 23.2. The largest absolute Gasteiger partial charge is 0.0654 e. The lowest BCUT2D eigenvalue weighted by Gasteiger charge is -2.34. The fourth-order valence-corrected chi connectivity index (χ4v) is 5.68. The Kier molecular flexibility index (Phi) is 21.8. The van der Waals surface area contributed by atoms with Gasteiger partial charge in [-0.15, -0.1) is 0 Å².